The van der Waals surface area contributed by atoms with E-state index >= 15 is 0 Å². The second-order valence-corrected chi connectivity index (χ2v) is 7.33. The highest BCUT2D eigenvalue weighted by Gasteiger charge is 2.29. The maximum Gasteiger partial charge on any atom is 0.244 e. The molecule has 1 fully saturated rings. The van der Waals surface area contributed by atoms with Gasteiger partial charge in [-0.15, -0.1) is 0 Å². The molecule has 0 amide bonds. The van der Waals surface area contributed by atoms with E-state index in [9.17, 15) is 0 Å². The van der Waals surface area contributed by atoms with Gasteiger partial charge in [-0.1, -0.05) is 47.6 Å². The predicted octanol–water partition coefficient (Wildman–Crippen LogP) is 4.82. The third-order valence-electron chi connectivity index (χ3n) is 5.57. The molecule has 142 valence electrons. The molecule has 0 N–H and O–H groups in total. The van der Waals surface area contributed by atoms with Crippen LogP contribution in [0.3, 0.4) is 0 Å². The monoisotopic (exact) mass is 374 g/mol. The van der Waals surface area contributed by atoms with Gasteiger partial charge in [-0.05, 0) is 45.0 Å². The first kappa shape index (κ1) is 17.1. The van der Waals surface area contributed by atoms with Gasteiger partial charge in [-0.3, -0.25) is 4.90 Å². The summed E-state index contributed by atoms with van der Waals surface area (Å²) in [5.41, 5.74) is 2.78. The molecular formula is C22H22N4O2. The zero-order valence-corrected chi connectivity index (χ0v) is 15.8. The first-order valence-corrected chi connectivity index (χ1v) is 9.76. The van der Waals surface area contributed by atoms with Gasteiger partial charge in [-0.2, -0.15) is 4.98 Å². The lowest BCUT2D eigenvalue weighted by molar-refractivity contribution is 0.131. The van der Waals surface area contributed by atoms with Gasteiger partial charge in [0.2, 0.25) is 11.7 Å². The maximum atomic E-state index is 5.97. The molecule has 4 aromatic rings. The fourth-order valence-electron chi connectivity index (χ4n) is 3.86. The van der Waals surface area contributed by atoms with Crippen LogP contribution in [-0.4, -0.2) is 33.1 Å². The normalized spacial score (nSPS) is 17.2. The molecule has 0 spiro atoms. The van der Waals surface area contributed by atoms with E-state index in [2.05, 4.69) is 26.9 Å². The van der Waals surface area contributed by atoms with Crippen LogP contribution in [0, 0.1) is 0 Å². The standard InChI is InChI=1S/C22H22N4O2/c1-15(21-24-20(25-28-21)16-7-3-2-4-8-16)26-13-11-17(12-14-26)22-23-18-9-5-6-10-19(18)27-22/h2-10,15,17H,11-14H2,1H3/t15-/m1/s1. The molecule has 6 nitrogen and oxygen atoms in total. The molecule has 0 bridgehead atoms. The van der Waals surface area contributed by atoms with Gasteiger partial charge in [0, 0.05) is 11.5 Å². The average Bonchev–Trinajstić information content (AvgIpc) is 3.41. The van der Waals surface area contributed by atoms with Gasteiger partial charge < -0.3 is 8.94 Å². The fourth-order valence-corrected chi connectivity index (χ4v) is 3.86. The van der Waals surface area contributed by atoms with Gasteiger partial charge in [0.25, 0.3) is 0 Å². The lowest BCUT2D eigenvalue weighted by atomic mass is 9.96. The first-order chi connectivity index (χ1) is 13.8. The van der Waals surface area contributed by atoms with Crippen LogP contribution in [0.4, 0.5) is 0 Å². The number of aromatic nitrogens is 3. The minimum atomic E-state index is 0.0922. The summed E-state index contributed by atoms with van der Waals surface area (Å²) in [6.07, 6.45) is 2.02. The van der Waals surface area contributed by atoms with Gasteiger partial charge in [-0.25, -0.2) is 4.98 Å². The van der Waals surface area contributed by atoms with Crippen LogP contribution < -0.4 is 0 Å². The van der Waals surface area contributed by atoms with E-state index < -0.39 is 0 Å². The Hall–Kier alpha value is -2.99. The highest BCUT2D eigenvalue weighted by Crippen LogP contribution is 2.33. The molecule has 1 aliphatic rings. The summed E-state index contributed by atoms with van der Waals surface area (Å²) in [5, 5.41) is 4.15. The highest BCUT2D eigenvalue weighted by atomic mass is 16.5. The number of para-hydroxylation sites is 2. The van der Waals surface area contributed by atoms with E-state index in [0.29, 0.717) is 17.6 Å². The largest absolute Gasteiger partial charge is 0.440 e. The summed E-state index contributed by atoms with van der Waals surface area (Å²) >= 11 is 0. The van der Waals surface area contributed by atoms with Crippen LogP contribution in [0.15, 0.2) is 63.5 Å². The Morgan fingerprint density at radius 2 is 1.71 bits per heavy atom. The van der Waals surface area contributed by atoms with E-state index in [4.69, 9.17) is 8.94 Å². The lowest BCUT2D eigenvalue weighted by Gasteiger charge is -2.33. The van der Waals surface area contributed by atoms with Gasteiger partial charge >= 0.3 is 0 Å². The summed E-state index contributed by atoms with van der Waals surface area (Å²) in [7, 11) is 0. The van der Waals surface area contributed by atoms with Gasteiger partial charge in [0.15, 0.2) is 11.5 Å². The van der Waals surface area contributed by atoms with Crippen molar-refractivity contribution in [3.8, 4) is 11.4 Å². The molecule has 0 radical (unpaired) electrons. The molecule has 5 rings (SSSR count). The zero-order valence-electron chi connectivity index (χ0n) is 15.8. The Morgan fingerprint density at radius 1 is 0.964 bits per heavy atom. The summed E-state index contributed by atoms with van der Waals surface area (Å²) in [4.78, 5) is 11.7. The van der Waals surface area contributed by atoms with E-state index in [1.165, 1.54) is 0 Å². The number of piperidine rings is 1. The molecule has 0 unspecified atom stereocenters. The topological polar surface area (TPSA) is 68.2 Å². The van der Waals surface area contributed by atoms with Crippen molar-refractivity contribution >= 4 is 11.1 Å². The molecule has 3 heterocycles. The summed E-state index contributed by atoms with van der Waals surface area (Å²) in [6.45, 7) is 4.03. The van der Waals surface area contributed by atoms with Gasteiger partial charge in [0.1, 0.15) is 5.52 Å². The minimum absolute atomic E-state index is 0.0922. The summed E-state index contributed by atoms with van der Waals surface area (Å²) in [5.74, 6) is 2.53. The van der Waals surface area contributed by atoms with E-state index in [-0.39, 0.29) is 6.04 Å². The maximum absolute atomic E-state index is 5.97. The van der Waals surface area contributed by atoms with Crippen molar-refractivity contribution < 1.29 is 8.94 Å². The SMILES string of the molecule is C[C@H](c1nc(-c2ccccc2)no1)N1CCC(c2nc3ccccc3o2)CC1. The Bertz CT molecular complexity index is 1030. The van der Waals surface area contributed by atoms with Crippen molar-refractivity contribution in [2.45, 2.75) is 31.7 Å². The number of hydrogen-bond acceptors (Lipinski definition) is 6. The number of nitrogens with zero attached hydrogens (tertiary/aromatic N) is 4. The second kappa shape index (κ2) is 7.20. The summed E-state index contributed by atoms with van der Waals surface area (Å²) < 4.78 is 11.5. The summed E-state index contributed by atoms with van der Waals surface area (Å²) in [6, 6.07) is 18.0. The number of fused-ring (bicyclic) bond motifs is 1. The molecule has 6 heteroatoms. The van der Waals surface area contributed by atoms with Crippen LogP contribution in [-0.2, 0) is 0 Å². The van der Waals surface area contributed by atoms with Crippen molar-refractivity contribution in [3.05, 3.63) is 66.4 Å². The number of likely N-dealkylation sites (tertiary alicyclic amines) is 1. The number of benzene rings is 2. The average molecular weight is 374 g/mol. The van der Waals surface area contributed by atoms with Crippen LogP contribution in [0.25, 0.3) is 22.5 Å². The van der Waals surface area contributed by atoms with Gasteiger partial charge in [0.05, 0.1) is 6.04 Å². The lowest BCUT2D eigenvalue weighted by Crippen LogP contribution is -2.35. The second-order valence-electron chi connectivity index (χ2n) is 7.33. The number of rotatable bonds is 4. The van der Waals surface area contributed by atoms with E-state index in [1.807, 2.05) is 54.6 Å². The molecule has 28 heavy (non-hydrogen) atoms. The number of oxazole rings is 1. The molecule has 0 saturated carbocycles. The Labute approximate surface area is 163 Å². The molecule has 2 aromatic carbocycles. The third-order valence-corrected chi connectivity index (χ3v) is 5.57. The molecule has 1 aliphatic heterocycles. The third kappa shape index (κ3) is 3.20. The predicted molar refractivity (Wildman–Crippen MR) is 106 cm³/mol. The van der Waals surface area contributed by atoms with Crippen molar-refractivity contribution in [3.63, 3.8) is 0 Å². The first-order valence-electron chi connectivity index (χ1n) is 9.76. The molecule has 0 aliphatic carbocycles. The van der Waals surface area contributed by atoms with E-state index in [0.717, 1.165) is 48.5 Å². The van der Waals surface area contributed by atoms with Crippen LogP contribution in [0.1, 0.15) is 43.5 Å². The smallest absolute Gasteiger partial charge is 0.244 e. The quantitative estimate of drug-likeness (QED) is 0.510. The van der Waals surface area contributed by atoms with Crippen LogP contribution in [0.5, 0.6) is 0 Å². The molecule has 1 saturated heterocycles. The number of hydrogen-bond donors (Lipinski definition) is 0. The highest BCUT2D eigenvalue weighted by molar-refractivity contribution is 5.72. The molecule has 2 aromatic heterocycles. The van der Waals surface area contributed by atoms with Crippen molar-refractivity contribution in [1.82, 2.24) is 20.0 Å². The minimum Gasteiger partial charge on any atom is -0.440 e. The van der Waals surface area contributed by atoms with Crippen LogP contribution in [0.2, 0.25) is 0 Å². The van der Waals surface area contributed by atoms with E-state index in [1.54, 1.807) is 0 Å². The zero-order chi connectivity index (χ0) is 18.9. The molecule has 1 atom stereocenters. The van der Waals surface area contributed by atoms with Crippen LogP contribution >= 0.6 is 0 Å². The van der Waals surface area contributed by atoms with Crippen molar-refractivity contribution in [2.24, 2.45) is 0 Å². The Kier molecular flexibility index (Phi) is 4.41. The Morgan fingerprint density at radius 3 is 2.50 bits per heavy atom. The fraction of sp³-hybridized carbons (Fsp3) is 0.318. The van der Waals surface area contributed by atoms with Crippen molar-refractivity contribution in [2.75, 3.05) is 13.1 Å². The Balaban J connectivity index is 1.26. The molecular weight excluding hydrogens is 352 g/mol. The van der Waals surface area contributed by atoms with Crippen molar-refractivity contribution in [1.29, 1.82) is 0 Å².